The van der Waals surface area contributed by atoms with E-state index < -0.39 is 28.5 Å². The van der Waals surface area contributed by atoms with Gasteiger partial charge in [0, 0.05) is 23.6 Å². The fourth-order valence-electron chi connectivity index (χ4n) is 3.76. The van der Waals surface area contributed by atoms with Crippen molar-refractivity contribution in [3.8, 4) is 0 Å². The summed E-state index contributed by atoms with van der Waals surface area (Å²) in [6.07, 6.45) is 0.347. The van der Waals surface area contributed by atoms with Crippen molar-refractivity contribution in [2.75, 3.05) is 17.9 Å². The highest BCUT2D eigenvalue weighted by Crippen LogP contribution is 2.27. The molecule has 0 unspecified atom stereocenters. The van der Waals surface area contributed by atoms with Crippen molar-refractivity contribution in [3.63, 3.8) is 0 Å². The first kappa shape index (κ1) is 27.5. The first-order valence-corrected chi connectivity index (χ1v) is 13.5. The highest BCUT2D eigenvalue weighted by atomic mass is 35.5. The maximum absolute atomic E-state index is 13.8. The maximum atomic E-state index is 13.8. The lowest BCUT2D eigenvalue weighted by Gasteiger charge is -2.33. The van der Waals surface area contributed by atoms with Crippen LogP contribution >= 0.6 is 23.2 Å². The Balaban J connectivity index is 2.05. The zero-order valence-corrected chi connectivity index (χ0v) is 22.2. The molecule has 36 heavy (non-hydrogen) atoms. The van der Waals surface area contributed by atoms with E-state index in [1.54, 1.807) is 25.1 Å². The number of benzene rings is 3. The summed E-state index contributed by atoms with van der Waals surface area (Å²) in [6.45, 7) is 1.39. The lowest BCUT2D eigenvalue weighted by Crippen LogP contribution is -2.51. The summed E-state index contributed by atoms with van der Waals surface area (Å²) in [4.78, 5) is 27.8. The molecule has 0 aliphatic rings. The molecule has 3 aromatic rings. The molecule has 0 spiro atoms. The number of nitrogens with one attached hydrogen (secondary N) is 1. The summed E-state index contributed by atoms with van der Waals surface area (Å²) < 4.78 is 28.4. The lowest BCUT2D eigenvalue weighted by molar-refractivity contribution is -0.140. The van der Waals surface area contributed by atoms with Crippen LogP contribution in [0.5, 0.6) is 0 Å². The number of likely N-dealkylation sites (N-methyl/N-ethyl adjacent to an activating group) is 1. The van der Waals surface area contributed by atoms with Gasteiger partial charge in [-0.1, -0.05) is 66.5 Å². The fraction of sp³-hybridized carbons (Fsp3) is 0.231. The molecule has 0 bridgehead atoms. The van der Waals surface area contributed by atoms with E-state index in [-0.39, 0.29) is 23.0 Å². The second kappa shape index (κ2) is 12.3. The number of halogens is 2. The van der Waals surface area contributed by atoms with Crippen molar-refractivity contribution in [2.24, 2.45) is 0 Å². The molecular formula is C26H27Cl2N3O4S. The number of carbonyl (C=O) groups is 2. The molecule has 7 nitrogen and oxygen atoms in total. The monoisotopic (exact) mass is 547 g/mol. The first-order valence-electron chi connectivity index (χ1n) is 11.3. The smallest absolute Gasteiger partial charge is 0.264 e. The van der Waals surface area contributed by atoms with E-state index in [1.807, 2.05) is 30.3 Å². The number of hydrogen-bond acceptors (Lipinski definition) is 4. The van der Waals surface area contributed by atoms with Crippen molar-refractivity contribution >= 4 is 50.7 Å². The molecular weight excluding hydrogens is 521 g/mol. The van der Waals surface area contributed by atoms with E-state index in [2.05, 4.69) is 5.32 Å². The van der Waals surface area contributed by atoms with Gasteiger partial charge < -0.3 is 10.2 Å². The van der Waals surface area contributed by atoms with E-state index in [9.17, 15) is 18.0 Å². The third-order valence-electron chi connectivity index (χ3n) is 5.60. The summed E-state index contributed by atoms with van der Waals surface area (Å²) >= 11 is 12.1. The van der Waals surface area contributed by atoms with Crippen LogP contribution in [0.15, 0.2) is 83.8 Å². The molecule has 0 aliphatic carbocycles. The first-order chi connectivity index (χ1) is 17.2. The van der Waals surface area contributed by atoms with E-state index in [1.165, 1.54) is 42.3 Å². The van der Waals surface area contributed by atoms with Crippen molar-refractivity contribution in [1.29, 1.82) is 0 Å². The van der Waals surface area contributed by atoms with E-state index in [4.69, 9.17) is 23.2 Å². The van der Waals surface area contributed by atoms with Crippen LogP contribution in [-0.4, -0.2) is 44.8 Å². The van der Waals surface area contributed by atoms with E-state index in [0.29, 0.717) is 16.5 Å². The Morgan fingerprint density at radius 3 is 2.17 bits per heavy atom. The van der Waals surface area contributed by atoms with Crippen molar-refractivity contribution in [2.45, 2.75) is 30.8 Å². The molecule has 0 heterocycles. The number of carbonyl (C=O) groups excluding carboxylic acids is 2. The Kier molecular flexibility index (Phi) is 9.37. The van der Waals surface area contributed by atoms with Crippen LogP contribution in [0.3, 0.4) is 0 Å². The Labute approximate surface area is 221 Å². The highest BCUT2D eigenvalue weighted by molar-refractivity contribution is 7.92. The van der Waals surface area contributed by atoms with Crippen LogP contribution in [0.1, 0.15) is 18.9 Å². The van der Waals surface area contributed by atoms with Crippen LogP contribution in [-0.2, 0) is 26.2 Å². The van der Waals surface area contributed by atoms with Gasteiger partial charge in [0.2, 0.25) is 11.8 Å². The van der Waals surface area contributed by atoms with Gasteiger partial charge in [0.15, 0.2) is 0 Å². The van der Waals surface area contributed by atoms with Gasteiger partial charge in [-0.05, 0) is 54.4 Å². The molecule has 0 saturated carbocycles. The van der Waals surface area contributed by atoms with Gasteiger partial charge in [0.25, 0.3) is 10.0 Å². The number of rotatable bonds is 10. The third-order valence-corrected chi connectivity index (χ3v) is 7.88. The quantitative estimate of drug-likeness (QED) is 0.397. The topological polar surface area (TPSA) is 86.8 Å². The van der Waals surface area contributed by atoms with Crippen LogP contribution < -0.4 is 9.62 Å². The van der Waals surface area contributed by atoms with Crippen molar-refractivity contribution in [3.05, 3.63) is 94.5 Å². The largest absolute Gasteiger partial charge is 0.357 e. The van der Waals surface area contributed by atoms with Crippen LogP contribution in [0.4, 0.5) is 5.69 Å². The number of anilines is 1. The Morgan fingerprint density at radius 1 is 0.917 bits per heavy atom. The number of nitrogens with zero attached hydrogens (tertiary/aromatic N) is 2. The average molecular weight is 548 g/mol. The molecule has 1 N–H and O–H groups in total. The summed E-state index contributed by atoms with van der Waals surface area (Å²) in [6, 6.07) is 20.4. The minimum Gasteiger partial charge on any atom is -0.357 e. The predicted molar refractivity (Wildman–Crippen MR) is 143 cm³/mol. The minimum absolute atomic E-state index is 0.0346. The zero-order chi connectivity index (χ0) is 26.3. The summed E-state index contributed by atoms with van der Waals surface area (Å²) in [5, 5.41) is 3.29. The van der Waals surface area contributed by atoms with Crippen LogP contribution in [0, 0.1) is 0 Å². The molecule has 0 aromatic heterocycles. The molecule has 10 heteroatoms. The van der Waals surface area contributed by atoms with Crippen LogP contribution in [0.2, 0.25) is 10.0 Å². The third kappa shape index (κ3) is 6.57. The number of hydrogen-bond donors (Lipinski definition) is 1. The van der Waals surface area contributed by atoms with Gasteiger partial charge in [0.05, 0.1) is 10.6 Å². The minimum atomic E-state index is -4.18. The molecule has 1 atom stereocenters. The summed E-state index contributed by atoms with van der Waals surface area (Å²) in [5.74, 6) is -0.872. The Hall–Kier alpha value is -3.07. The highest BCUT2D eigenvalue weighted by Gasteiger charge is 2.33. The van der Waals surface area contributed by atoms with Gasteiger partial charge in [-0.25, -0.2) is 8.42 Å². The van der Waals surface area contributed by atoms with Crippen molar-refractivity contribution in [1.82, 2.24) is 10.2 Å². The lowest BCUT2D eigenvalue weighted by atomic mass is 10.1. The Morgan fingerprint density at radius 2 is 1.58 bits per heavy atom. The second-order valence-electron chi connectivity index (χ2n) is 7.99. The molecule has 3 rings (SSSR count). The van der Waals surface area contributed by atoms with Crippen molar-refractivity contribution < 1.29 is 18.0 Å². The molecule has 3 aromatic carbocycles. The molecule has 2 amide bonds. The normalized spacial score (nSPS) is 12.0. The fourth-order valence-corrected chi connectivity index (χ4v) is 5.48. The average Bonchev–Trinajstić information content (AvgIpc) is 2.87. The van der Waals surface area contributed by atoms with Gasteiger partial charge >= 0.3 is 0 Å². The molecule has 0 aliphatic heterocycles. The van der Waals surface area contributed by atoms with Gasteiger partial charge in [-0.15, -0.1) is 0 Å². The van der Waals surface area contributed by atoms with Crippen LogP contribution in [0.25, 0.3) is 0 Å². The van der Waals surface area contributed by atoms with E-state index in [0.717, 1.165) is 9.87 Å². The standard InChI is InChI=1S/C26H27Cl2N3O4S/c1-3-24(26(33)29-2)30(17-19-8-5-4-6-9-19)25(32)18-31(22-11-7-10-21(28)16-22)36(34,35)23-14-12-20(27)13-15-23/h4-16,24H,3,17-18H2,1-2H3,(H,29,33)/t24-/m1/s1. The van der Waals surface area contributed by atoms with E-state index >= 15 is 0 Å². The molecule has 0 fully saturated rings. The van der Waals surface area contributed by atoms with Gasteiger partial charge in [0.1, 0.15) is 12.6 Å². The maximum Gasteiger partial charge on any atom is 0.264 e. The number of amides is 2. The second-order valence-corrected chi connectivity index (χ2v) is 10.7. The predicted octanol–water partition coefficient (Wildman–Crippen LogP) is 4.74. The number of sulfonamides is 1. The molecule has 190 valence electrons. The van der Waals surface area contributed by atoms with Gasteiger partial charge in [-0.3, -0.25) is 13.9 Å². The Bertz CT molecular complexity index is 1300. The zero-order valence-electron chi connectivity index (χ0n) is 19.9. The summed E-state index contributed by atoms with van der Waals surface area (Å²) in [7, 11) is -2.68. The SMILES string of the molecule is CC[C@H](C(=O)NC)N(Cc1ccccc1)C(=O)CN(c1cccc(Cl)c1)S(=O)(=O)c1ccc(Cl)cc1. The molecule has 0 saturated heterocycles. The van der Waals surface area contributed by atoms with Gasteiger partial charge in [-0.2, -0.15) is 0 Å². The molecule has 0 radical (unpaired) electrons. The summed E-state index contributed by atoms with van der Waals surface area (Å²) in [5.41, 5.74) is 1.03.